The number of likely N-dealkylation sites (tertiary alicyclic amines) is 1. The summed E-state index contributed by atoms with van der Waals surface area (Å²) in [5.41, 5.74) is 2.04. The van der Waals surface area contributed by atoms with E-state index in [2.05, 4.69) is 5.32 Å². The van der Waals surface area contributed by atoms with Crippen molar-refractivity contribution in [2.75, 3.05) is 19.7 Å². The van der Waals surface area contributed by atoms with Crippen molar-refractivity contribution in [2.24, 2.45) is 0 Å². The minimum atomic E-state index is -0.150. The Bertz CT molecular complexity index is 644. The highest BCUT2D eigenvalue weighted by molar-refractivity contribution is 5.85. The number of amides is 2. The van der Waals surface area contributed by atoms with Crippen molar-refractivity contribution in [3.63, 3.8) is 0 Å². The number of hydrogen-bond acceptors (Lipinski definition) is 4. The normalized spacial score (nSPS) is 19.2. The molecule has 1 aromatic carbocycles. The van der Waals surface area contributed by atoms with Crippen molar-refractivity contribution in [3.05, 3.63) is 23.3 Å². The van der Waals surface area contributed by atoms with Gasteiger partial charge in [0.1, 0.15) is 17.6 Å². The summed E-state index contributed by atoms with van der Waals surface area (Å²) in [4.78, 5) is 25.3. The van der Waals surface area contributed by atoms with Crippen LogP contribution in [0.15, 0.2) is 12.1 Å². The van der Waals surface area contributed by atoms with Crippen LogP contribution in [0.1, 0.15) is 37.8 Å². The number of benzene rings is 1. The Hall–Kier alpha value is -2.24. The second kappa shape index (κ2) is 7.11. The molecule has 0 aromatic heterocycles. The predicted octanol–water partition coefficient (Wildman–Crippen LogP) is 1.65. The zero-order valence-electron chi connectivity index (χ0n) is 14.3. The molecule has 130 valence electrons. The molecule has 1 N–H and O–H groups in total. The summed E-state index contributed by atoms with van der Waals surface area (Å²) >= 11 is 0. The number of nitrogens with one attached hydrogen (secondary N) is 1. The maximum atomic E-state index is 12.1. The second-order valence-electron chi connectivity index (χ2n) is 6.33. The molecule has 0 radical (unpaired) electrons. The van der Waals surface area contributed by atoms with Crippen molar-refractivity contribution in [2.45, 2.75) is 45.8 Å². The molecule has 0 spiro atoms. The number of hydrogen-bond donors (Lipinski definition) is 1. The van der Waals surface area contributed by atoms with Crippen LogP contribution >= 0.6 is 0 Å². The maximum absolute atomic E-state index is 12.1. The fourth-order valence-corrected chi connectivity index (χ4v) is 3.20. The van der Waals surface area contributed by atoms with Crippen LogP contribution in [0.5, 0.6) is 11.5 Å². The zero-order chi connectivity index (χ0) is 17.1. The molecule has 2 aliphatic rings. The molecule has 24 heavy (non-hydrogen) atoms. The standard InChI is InChI=1S/C18H24N2O4/c1-3-23-15-8-13-7-12(2)24-16(13)9-14(15)10-19-17(21)11-20-6-4-5-18(20)22/h8-9,12H,3-7,10-11H2,1-2H3,(H,19,21)/t12-/m1/s1. The van der Waals surface area contributed by atoms with Gasteiger partial charge in [-0.2, -0.15) is 0 Å². The highest BCUT2D eigenvalue weighted by Gasteiger charge is 2.24. The Labute approximate surface area is 142 Å². The molecule has 6 nitrogen and oxygen atoms in total. The van der Waals surface area contributed by atoms with Gasteiger partial charge >= 0.3 is 0 Å². The van der Waals surface area contributed by atoms with Crippen LogP contribution in [0.2, 0.25) is 0 Å². The second-order valence-corrected chi connectivity index (χ2v) is 6.33. The molecule has 2 aliphatic heterocycles. The van der Waals surface area contributed by atoms with E-state index in [9.17, 15) is 9.59 Å². The lowest BCUT2D eigenvalue weighted by atomic mass is 10.1. The SMILES string of the molecule is CCOc1cc2c(cc1CNC(=O)CN1CCCC1=O)O[C@H](C)C2. The first-order valence-corrected chi connectivity index (χ1v) is 8.56. The number of nitrogens with zero attached hydrogens (tertiary/aromatic N) is 1. The van der Waals surface area contributed by atoms with Crippen LogP contribution in [0.3, 0.4) is 0 Å². The van der Waals surface area contributed by atoms with Crippen molar-refractivity contribution in [1.29, 1.82) is 0 Å². The van der Waals surface area contributed by atoms with Crippen molar-refractivity contribution in [3.8, 4) is 11.5 Å². The van der Waals surface area contributed by atoms with E-state index in [4.69, 9.17) is 9.47 Å². The average Bonchev–Trinajstić information content (AvgIpc) is 3.10. The largest absolute Gasteiger partial charge is 0.494 e. The van der Waals surface area contributed by atoms with Gasteiger partial charge in [-0.15, -0.1) is 0 Å². The summed E-state index contributed by atoms with van der Waals surface area (Å²) in [6.45, 7) is 5.70. The monoisotopic (exact) mass is 332 g/mol. The molecule has 1 aromatic rings. The Morgan fingerprint density at radius 1 is 1.46 bits per heavy atom. The third-order valence-electron chi connectivity index (χ3n) is 4.36. The Morgan fingerprint density at radius 3 is 3.00 bits per heavy atom. The Morgan fingerprint density at radius 2 is 2.29 bits per heavy atom. The first-order chi connectivity index (χ1) is 11.6. The molecule has 6 heteroatoms. The van der Waals surface area contributed by atoms with Gasteiger partial charge in [0.15, 0.2) is 0 Å². The molecule has 3 rings (SSSR count). The quantitative estimate of drug-likeness (QED) is 0.860. The summed E-state index contributed by atoms with van der Waals surface area (Å²) in [6, 6.07) is 3.96. The van der Waals surface area contributed by atoms with Crippen molar-refractivity contribution >= 4 is 11.8 Å². The van der Waals surface area contributed by atoms with E-state index < -0.39 is 0 Å². The first-order valence-electron chi connectivity index (χ1n) is 8.56. The summed E-state index contributed by atoms with van der Waals surface area (Å²) in [5, 5.41) is 2.88. The van der Waals surface area contributed by atoms with Crippen LogP contribution in [-0.4, -0.2) is 42.5 Å². The number of rotatable bonds is 6. The maximum Gasteiger partial charge on any atom is 0.239 e. The molecular weight excluding hydrogens is 308 g/mol. The van der Waals surface area contributed by atoms with Crippen molar-refractivity contribution < 1.29 is 19.1 Å². The number of carbonyl (C=O) groups is 2. The lowest BCUT2D eigenvalue weighted by Crippen LogP contribution is -2.37. The summed E-state index contributed by atoms with van der Waals surface area (Å²) in [5.74, 6) is 1.55. The molecule has 0 unspecified atom stereocenters. The van der Waals surface area contributed by atoms with Gasteiger partial charge in [-0.3, -0.25) is 9.59 Å². The van der Waals surface area contributed by atoms with Crippen LogP contribution in [-0.2, 0) is 22.6 Å². The molecule has 1 saturated heterocycles. The van der Waals surface area contributed by atoms with Gasteiger partial charge in [0, 0.05) is 37.1 Å². The molecule has 2 amide bonds. The molecule has 0 aliphatic carbocycles. The van der Waals surface area contributed by atoms with Crippen LogP contribution < -0.4 is 14.8 Å². The predicted molar refractivity (Wildman–Crippen MR) is 89.1 cm³/mol. The van der Waals surface area contributed by atoms with Crippen LogP contribution in [0.25, 0.3) is 0 Å². The fraction of sp³-hybridized carbons (Fsp3) is 0.556. The highest BCUT2D eigenvalue weighted by Crippen LogP contribution is 2.35. The van der Waals surface area contributed by atoms with Gasteiger partial charge in [0.2, 0.25) is 11.8 Å². The summed E-state index contributed by atoms with van der Waals surface area (Å²) in [6.07, 6.45) is 2.42. The van der Waals surface area contributed by atoms with Crippen LogP contribution in [0, 0.1) is 0 Å². The van der Waals surface area contributed by atoms with E-state index in [0.29, 0.717) is 26.1 Å². The Kier molecular flexibility index (Phi) is 4.92. The zero-order valence-corrected chi connectivity index (χ0v) is 14.3. The molecule has 1 atom stereocenters. The Balaban J connectivity index is 1.64. The van der Waals surface area contributed by atoms with E-state index in [-0.39, 0.29) is 24.5 Å². The van der Waals surface area contributed by atoms with Crippen LogP contribution in [0.4, 0.5) is 0 Å². The third kappa shape index (κ3) is 3.63. The fourth-order valence-electron chi connectivity index (χ4n) is 3.20. The van der Waals surface area contributed by atoms with E-state index in [1.807, 2.05) is 26.0 Å². The van der Waals surface area contributed by atoms with Gasteiger partial charge < -0.3 is 19.7 Å². The molecule has 1 fully saturated rings. The van der Waals surface area contributed by atoms with E-state index in [1.165, 1.54) is 0 Å². The summed E-state index contributed by atoms with van der Waals surface area (Å²) < 4.78 is 11.5. The minimum Gasteiger partial charge on any atom is -0.494 e. The van der Waals surface area contributed by atoms with Crippen molar-refractivity contribution in [1.82, 2.24) is 10.2 Å². The van der Waals surface area contributed by atoms with Gasteiger partial charge in [-0.1, -0.05) is 0 Å². The number of carbonyl (C=O) groups excluding carboxylic acids is 2. The van der Waals surface area contributed by atoms with E-state index >= 15 is 0 Å². The number of fused-ring (bicyclic) bond motifs is 1. The molecule has 2 heterocycles. The summed E-state index contributed by atoms with van der Waals surface area (Å²) in [7, 11) is 0. The molecule has 0 bridgehead atoms. The smallest absolute Gasteiger partial charge is 0.239 e. The average molecular weight is 332 g/mol. The lowest BCUT2D eigenvalue weighted by molar-refractivity contribution is -0.133. The first kappa shape index (κ1) is 16.6. The van der Waals surface area contributed by atoms with Gasteiger partial charge in [-0.25, -0.2) is 0 Å². The van der Waals surface area contributed by atoms with Gasteiger partial charge in [0.25, 0.3) is 0 Å². The number of ether oxygens (including phenoxy) is 2. The highest BCUT2D eigenvalue weighted by atomic mass is 16.5. The molecular formula is C18H24N2O4. The van der Waals surface area contributed by atoms with E-state index in [1.54, 1.807) is 4.90 Å². The molecule has 0 saturated carbocycles. The lowest BCUT2D eigenvalue weighted by Gasteiger charge is -2.16. The minimum absolute atomic E-state index is 0.0556. The van der Waals surface area contributed by atoms with E-state index in [0.717, 1.165) is 35.5 Å². The van der Waals surface area contributed by atoms with Gasteiger partial charge in [0.05, 0.1) is 13.2 Å². The third-order valence-corrected chi connectivity index (χ3v) is 4.36. The van der Waals surface area contributed by atoms with Gasteiger partial charge in [-0.05, 0) is 32.4 Å². The topological polar surface area (TPSA) is 67.9 Å².